The molecule has 64 valence electrons. The first-order valence-corrected chi connectivity index (χ1v) is 3.83. The van der Waals surface area contributed by atoms with E-state index in [2.05, 4.69) is 10.6 Å². The fourth-order valence-corrected chi connectivity index (χ4v) is 1.89. The van der Waals surface area contributed by atoms with Crippen LogP contribution < -0.4 is 10.6 Å². The van der Waals surface area contributed by atoms with Crippen molar-refractivity contribution in [3.63, 3.8) is 0 Å². The van der Waals surface area contributed by atoms with Gasteiger partial charge < -0.3 is 10.6 Å². The van der Waals surface area contributed by atoms with Gasteiger partial charge in [0.2, 0.25) is 5.91 Å². The first kappa shape index (κ1) is 8.81. The van der Waals surface area contributed by atoms with E-state index in [1.165, 1.54) is 0 Å². The van der Waals surface area contributed by atoms with Gasteiger partial charge in [0.1, 0.15) is 0 Å². The van der Waals surface area contributed by atoms with Gasteiger partial charge in [-0.1, -0.05) is 6.92 Å². The molecule has 0 bridgehead atoms. The molecular formula is C7H13ClN2O. The van der Waals surface area contributed by atoms with Gasteiger partial charge in [0.15, 0.2) is 0 Å². The van der Waals surface area contributed by atoms with E-state index in [1.807, 2.05) is 6.92 Å². The molecule has 2 heterocycles. The minimum absolute atomic E-state index is 0. The second-order valence-electron chi connectivity index (χ2n) is 3.17. The first-order chi connectivity index (χ1) is 4.79. The maximum absolute atomic E-state index is 11.0. The van der Waals surface area contributed by atoms with Gasteiger partial charge in [-0.3, -0.25) is 4.79 Å². The summed E-state index contributed by atoms with van der Waals surface area (Å²) < 4.78 is 0. The van der Waals surface area contributed by atoms with E-state index in [4.69, 9.17) is 0 Å². The first-order valence-electron chi connectivity index (χ1n) is 3.83. The highest BCUT2D eigenvalue weighted by Crippen LogP contribution is 2.21. The molecule has 0 spiro atoms. The molecule has 0 aliphatic carbocycles. The van der Waals surface area contributed by atoms with E-state index in [-0.39, 0.29) is 24.2 Å². The number of nitrogens with one attached hydrogen (secondary N) is 2. The molecule has 0 aromatic heterocycles. The number of amides is 1. The Morgan fingerprint density at radius 1 is 1.55 bits per heavy atom. The average Bonchev–Trinajstić information content (AvgIpc) is 2.41. The van der Waals surface area contributed by atoms with Gasteiger partial charge in [-0.25, -0.2) is 0 Å². The highest BCUT2D eigenvalue weighted by atomic mass is 35.5. The summed E-state index contributed by atoms with van der Waals surface area (Å²) in [6.45, 7) is 3.04. The van der Waals surface area contributed by atoms with Crippen LogP contribution in [0, 0.1) is 5.92 Å². The van der Waals surface area contributed by atoms with E-state index in [0.717, 1.165) is 13.0 Å². The lowest BCUT2D eigenvalue weighted by Crippen LogP contribution is -2.32. The second kappa shape index (κ2) is 2.99. The fraction of sp³-hybridized carbons (Fsp3) is 0.857. The summed E-state index contributed by atoms with van der Waals surface area (Å²) in [4.78, 5) is 11.0. The molecule has 1 amide bonds. The van der Waals surface area contributed by atoms with Crippen LogP contribution in [-0.4, -0.2) is 24.5 Å². The second-order valence-corrected chi connectivity index (χ2v) is 3.17. The predicted octanol–water partition coefficient (Wildman–Crippen LogP) is -0.0954. The maximum Gasteiger partial charge on any atom is 0.224 e. The molecule has 2 aliphatic rings. The number of hydrogen-bond acceptors (Lipinski definition) is 2. The summed E-state index contributed by atoms with van der Waals surface area (Å²) in [7, 11) is 0. The van der Waals surface area contributed by atoms with Gasteiger partial charge in [0.25, 0.3) is 0 Å². The molecule has 0 radical (unpaired) electrons. The SMILES string of the molecule is C[C@@H]1C(=O)N[C@H]2CCN[C@@H]21.Cl. The van der Waals surface area contributed by atoms with E-state index in [1.54, 1.807) is 0 Å². The lowest BCUT2D eigenvalue weighted by Gasteiger charge is -2.09. The largest absolute Gasteiger partial charge is 0.351 e. The molecule has 0 unspecified atom stereocenters. The van der Waals surface area contributed by atoms with Crippen molar-refractivity contribution in [3.8, 4) is 0 Å². The minimum Gasteiger partial charge on any atom is -0.351 e. The Labute approximate surface area is 72.3 Å². The molecule has 3 nitrogen and oxygen atoms in total. The topological polar surface area (TPSA) is 41.1 Å². The lowest BCUT2D eigenvalue weighted by atomic mass is 10.0. The molecule has 0 aromatic carbocycles. The Bertz CT molecular complexity index is 174. The maximum atomic E-state index is 11.0. The summed E-state index contributed by atoms with van der Waals surface area (Å²) >= 11 is 0. The Balaban J connectivity index is 0.000000605. The third-order valence-electron chi connectivity index (χ3n) is 2.55. The van der Waals surface area contributed by atoms with Crippen molar-refractivity contribution in [2.24, 2.45) is 5.92 Å². The monoisotopic (exact) mass is 176 g/mol. The zero-order valence-electron chi connectivity index (χ0n) is 6.46. The average molecular weight is 177 g/mol. The summed E-state index contributed by atoms with van der Waals surface area (Å²) in [5, 5.41) is 6.28. The van der Waals surface area contributed by atoms with Crippen molar-refractivity contribution in [2.45, 2.75) is 25.4 Å². The Hall–Kier alpha value is -0.280. The Morgan fingerprint density at radius 2 is 2.27 bits per heavy atom. The van der Waals surface area contributed by atoms with Gasteiger partial charge in [-0.2, -0.15) is 0 Å². The molecular weight excluding hydrogens is 164 g/mol. The van der Waals surface area contributed by atoms with Crippen LogP contribution in [-0.2, 0) is 4.79 Å². The van der Waals surface area contributed by atoms with Gasteiger partial charge >= 0.3 is 0 Å². The molecule has 0 saturated carbocycles. The van der Waals surface area contributed by atoms with Crippen LogP contribution in [0.3, 0.4) is 0 Å². The van der Waals surface area contributed by atoms with Gasteiger partial charge in [-0.15, -0.1) is 12.4 Å². The van der Waals surface area contributed by atoms with Crippen LogP contribution in [0.15, 0.2) is 0 Å². The van der Waals surface area contributed by atoms with Crippen molar-refractivity contribution in [1.29, 1.82) is 0 Å². The minimum atomic E-state index is 0. The highest BCUT2D eigenvalue weighted by molar-refractivity contribution is 5.85. The van der Waals surface area contributed by atoms with Crippen LogP contribution in [0.5, 0.6) is 0 Å². The van der Waals surface area contributed by atoms with Gasteiger partial charge in [-0.05, 0) is 13.0 Å². The number of rotatable bonds is 0. The molecule has 0 aromatic rings. The molecule has 2 saturated heterocycles. The van der Waals surface area contributed by atoms with E-state index < -0.39 is 0 Å². The zero-order valence-corrected chi connectivity index (χ0v) is 7.28. The van der Waals surface area contributed by atoms with Crippen LogP contribution in [0.1, 0.15) is 13.3 Å². The van der Waals surface area contributed by atoms with Crippen LogP contribution in [0.4, 0.5) is 0 Å². The third kappa shape index (κ3) is 1.23. The smallest absolute Gasteiger partial charge is 0.224 e. The zero-order chi connectivity index (χ0) is 7.14. The molecule has 2 N–H and O–H groups in total. The molecule has 11 heavy (non-hydrogen) atoms. The highest BCUT2D eigenvalue weighted by Gasteiger charge is 2.41. The standard InChI is InChI=1S/C7H12N2O.ClH/c1-4-6-5(2-3-8-6)9-7(4)10;/h4-6,8H,2-3H2,1H3,(H,9,10);1H/t4-,5-,6+;/m0./s1. The third-order valence-corrected chi connectivity index (χ3v) is 2.55. The summed E-state index contributed by atoms with van der Waals surface area (Å²) in [6, 6.07) is 0.829. The van der Waals surface area contributed by atoms with E-state index in [0.29, 0.717) is 12.1 Å². The van der Waals surface area contributed by atoms with Crippen molar-refractivity contribution >= 4 is 18.3 Å². The van der Waals surface area contributed by atoms with Gasteiger partial charge in [0.05, 0.1) is 5.92 Å². The number of carbonyl (C=O) groups excluding carboxylic acids is 1. The normalized spacial score (nSPS) is 41.2. The molecule has 4 heteroatoms. The van der Waals surface area contributed by atoms with E-state index in [9.17, 15) is 4.79 Å². The Kier molecular flexibility index (Phi) is 2.40. The van der Waals surface area contributed by atoms with Crippen LogP contribution in [0.25, 0.3) is 0 Å². The molecule has 2 aliphatic heterocycles. The fourth-order valence-electron chi connectivity index (χ4n) is 1.89. The van der Waals surface area contributed by atoms with Crippen molar-refractivity contribution in [3.05, 3.63) is 0 Å². The molecule has 2 fully saturated rings. The number of carbonyl (C=O) groups is 1. The number of hydrogen-bond donors (Lipinski definition) is 2. The van der Waals surface area contributed by atoms with Crippen LogP contribution in [0.2, 0.25) is 0 Å². The summed E-state index contributed by atoms with van der Waals surface area (Å²) in [5.74, 6) is 0.384. The molecule has 2 rings (SSSR count). The Morgan fingerprint density at radius 3 is 2.91 bits per heavy atom. The van der Waals surface area contributed by atoms with Crippen LogP contribution >= 0.6 is 12.4 Å². The number of fused-ring (bicyclic) bond motifs is 1. The van der Waals surface area contributed by atoms with Crippen molar-refractivity contribution in [1.82, 2.24) is 10.6 Å². The van der Waals surface area contributed by atoms with Gasteiger partial charge in [0, 0.05) is 12.1 Å². The summed E-state index contributed by atoms with van der Waals surface area (Å²) in [6.07, 6.45) is 1.10. The quantitative estimate of drug-likeness (QED) is 0.542. The predicted molar refractivity (Wildman–Crippen MR) is 44.8 cm³/mol. The molecule has 3 atom stereocenters. The number of halogens is 1. The van der Waals surface area contributed by atoms with E-state index >= 15 is 0 Å². The lowest BCUT2D eigenvalue weighted by molar-refractivity contribution is -0.122. The van der Waals surface area contributed by atoms with Crippen molar-refractivity contribution in [2.75, 3.05) is 6.54 Å². The van der Waals surface area contributed by atoms with Crippen molar-refractivity contribution < 1.29 is 4.79 Å². The summed E-state index contributed by atoms with van der Waals surface area (Å²) in [5.41, 5.74) is 0.